The van der Waals surface area contributed by atoms with Crippen LogP contribution in [0, 0.1) is 5.92 Å². The summed E-state index contributed by atoms with van der Waals surface area (Å²) < 4.78 is 4.84. The molecule has 0 saturated carbocycles. The number of hydrogen-bond donors (Lipinski definition) is 1. The summed E-state index contributed by atoms with van der Waals surface area (Å²) in [6, 6.07) is 0. The van der Waals surface area contributed by atoms with Crippen molar-refractivity contribution in [2.24, 2.45) is 5.92 Å². The molecular weight excluding hydrogens is 597 g/mol. The van der Waals surface area contributed by atoms with Crippen molar-refractivity contribution in [2.75, 3.05) is 26.8 Å². The Morgan fingerprint density at radius 1 is 0.605 bits per heavy atom. The van der Waals surface area contributed by atoms with Crippen LogP contribution in [-0.4, -0.2) is 64.3 Å². The van der Waals surface area contributed by atoms with Gasteiger partial charge in [-0.05, 0) is 26.7 Å². The minimum absolute atomic E-state index is 0.0729. The van der Waals surface area contributed by atoms with E-state index in [1.807, 2.05) is 19.7 Å². The van der Waals surface area contributed by atoms with Crippen molar-refractivity contribution in [2.45, 2.75) is 207 Å². The molecule has 0 spiro atoms. The molecule has 43 heavy (non-hydrogen) atoms. The zero-order chi connectivity index (χ0) is 33.0. The summed E-state index contributed by atoms with van der Waals surface area (Å²) in [6.07, 6.45) is 33.0. The van der Waals surface area contributed by atoms with E-state index in [0.29, 0.717) is 5.91 Å². The quantitative estimate of drug-likeness (QED) is 0.0633. The number of carbonyl (C=O) groups excluding carboxylic acids is 1. The van der Waals surface area contributed by atoms with Gasteiger partial charge < -0.3 is 14.7 Å². The average Bonchev–Trinajstić information content (AvgIpc) is 3.01. The van der Waals surface area contributed by atoms with Crippen molar-refractivity contribution in [3.63, 3.8) is 0 Å². The zero-order valence-electron chi connectivity index (χ0n) is 30.8. The summed E-state index contributed by atoms with van der Waals surface area (Å²) in [4.78, 5) is 14.8. The molecule has 0 atom stereocenters. The molecule has 1 N–H and O–H groups in total. The molecule has 0 aliphatic rings. The van der Waals surface area contributed by atoms with Crippen LogP contribution in [0.15, 0.2) is 0 Å². The van der Waals surface area contributed by atoms with Gasteiger partial charge in [0.15, 0.2) is 0 Å². The Morgan fingerprint density at radius 3 is 1.05 bits per heavy atom. The first-order valence-electron chi connectivity index (χ1n) is 18.6. The van der Waals surface area contributed by atoms with Crippen LogP contribution in [0.25, 0.3) is 0 Å². The number of hydrogen-bond acceptors (Lipinski definition) is 3. The van der Waals surface area contributed by atoms with Gasteiger partial charge in [-0.2, -0.15) is 0 Å². The van der Waals surface area contributed by atoms with Crippen molar-refractivity contribution >= 4 is 21.9 Å². The molecule has 0 heterocycles. The first-order chi connectivity index (χ1) is 20.8. The van der Waals surface area contributed by atoms with Gasteiger partial charge in [0.2, 0.25) is 5.91 Å². The van der Waals surface area contributed by atoms with E-state index in [-0.39, 0.29) is 18.1 Å². The Kier molecular flexibility index (Phi) is 41.9. The predicted molar refractivity (Wildman–Crippen MR) is 193 cm³/mol. The molecule has 0 fully saturated rings. The van der Waals surface area contributed by atoms with Crippen molar-refractivity contribution in [1.82, 2.24) is 4.90 Å². The molecule has 0 aromatic carbocycles. The molecular formula is C38H80NO3Se. The van der Waals surface area contributed by atoms with Gasteiger partial charge >= 0.3 is 21.8 Å². The minimum atomic E-state index is -0.361. The topological polar surface area (TPSA) is 49.8 Å². The number of carbonyl (C=O) groups is 1. The van der Waals surface area contributed by atoms with Gasteiger partial charge in [-0.3, -0.25) is 4.79 Å². The molecule has 1 amide bonds. The monoisotopic (exact) mass is 679 g/mol. The van der Waals surface area contributed by atoms with Crippen LogP contribution in [-0.2, 0) is 9.53 Å². The van der Waals surface area contributed by atoms with Gasteiger partial charge in [0.05, 0.1) is 12.2 Å². The fraction of sp³-hybridized carbons (Fsp3) is 0.974. The molecule has 261 valence electrons. The fourth-order valence-electron chi connectivity index (χ4n) is 5.05. The SMILES string of the molecule is CCCCCCCCCCCCCCN(CCCCCCCCCCCCCC)C(=O)C(C)C.COC(C)(C)CO.C[Se]. The van der Waals surface area contributed by atoms with Crippen molar-refractivity contribution in [1.29, 1.82) is 0 Å². The molecule has 0 rings (SSSR count). The molecule has 0 unspecified atom stereocenters. The Bertz CT molecular complexity index is 493. The number of aliphatic hydroxyl groups is 1. The van der Waals surface area contributed by atoms with Gasteiger partial charge in [-0.25, -0.2) is 0 Å². The Hall–Kier alpha value is -0.0905. The maximum absolute atomic E-state index is 12.6. The third-order valence-corrected chi connectivity index (χ3v) is 8.30. The molecule has 4 nitrogen and oxygen atoms in total. The van der Waals surface area contributed by atoms with Crippen molar-refractivity contribution in [3.8, 4) is 0 Å². The zero-order valence-corrected chi connectivity index (χ0v) is 32.5. The molecule has 0 aliphatic carbocycles. The van der Waals surface area contributed by atoms with Crippen LogP contribution in [0.1, 0.15) is 196 Å². The first kappa shape index (κ1) is 47.3. The number of ether oxygens (including phenoxy) is 1. The van der Waals surface area contributed by atoms with E-state index in [2.05, 4.69) is 48.6 Å². The van der Waals surface area contributed by atoms with Gasteiger partial charge in [0.1, 0.15) is 0 Å². The number of aliphatic hydroxyl groups excluding tert-OH is 1. The summed E-state index contributed by atoms with van der Waals surface area (Å²) in [7, 11) is 1.58. The molecule has 0 bridgehead atoms. The second kappa shape index (κ2) is 38.1. The Balaban J connectivity index is -0.00000154. The van der Waals surface area contributed by atoms with E-state index in [0.717, 1.165) is 13.1 Å². The number of nitrogens with zero attached hydrogens (tertiary/aromatic N) is 1. The van der Waals surface area contributed by atoms with Gasteiger partial charge in [-0.15, -0.1) is 0 Å². The molecule has 0 saturated heterocycles. The standard InChI is InChI=1S/C32H65NO.C5H12O2.CH3Se/c1-5-7-9-11-13-15-17-19-21-23-25-27-29-33(32(34)31(3)4)30-28-26-24-22-20-18-16-14-12-10-8-6-2;1-5(2,4-6)7-3;1-2/h31H,5-30H2,1-4H3;6H,4H2,1-3H3;1H3. The van der Waals surface area contributed by atoms with E-state index in [4.69, 9.17) is 9.84 Å². The third kappa shape index (κ3) is 38.0. The van der Waals surface area contributed by atoms with Crippen LogP contribution < -0.4 is 0 Å². The summed E-state index contributed by atoms with van der Waals surface area (Å²) in [5.74, 6) is 2.38. The normalized spacial score (nSPS) is 11.1. The van der Waals surface area contributed by atoms with Crippen LogP contribution in [0.2, 0.25) is 5.82 Å². The first-order valence-corrected chi connectivity index (χ1v) is 20.3. The van der Waals surface area contributed by atoms with E-state index in [1.54, 1.807) is 7.11 Å². The number of amides is 1. The van der Waals surface area contributed by atoms with Crippen LogP contribution in [0.5, 0.6) is 0 Å². The maximum atomic E-state index is 12.6. The van der Waals surface area contributed by atoms with E-state index < -0.39 is 0 Å². The van der Waals surface area contributed by atoms with E-state index >= 15 is 0 Å². The van der Waals surface area contributed by atoms with E-state index in [1.165, 1.54) is 154 Å². The number of rotatable bonds is 29. The average molecular weight is 678 g/mol. The molecule has 5 heteroatoms. The van der Waals surface area contributed by atoms with Crippen LogP contribution >= 0.6 is 0 Å². The molecule has 0 aromatic heterocycles. The van der Waals surface area contributed by atoms with Crippen LogP contribution in [0.3, 0.4) is 0 Å². The molecule has 0 aromatic rings. The van der Waals surface area contributed by atoms with Gasteiger partial charge in [-0.1, -0.05) is 169 Å². The van der Waals surface area contributed by atoms with Crippen molar-refractivity contribution < 1.29 is 14.6 Å². The predicted octanol–water partition coefficient (Wildman–Crippen LogP) is 11.5. The number of unbranched alkanes of at least 4 members (excludes halogenated alkanes) is 22. The summed E-state index contributed by atoms with van der Waals surface area (Å²) in [6.45, 7) is 14.4. The summed E-state index contributed by atoms with van der Waals surface area (Å²) in [5.41, 5.74) is -0.361. The second-order valence-electron chi connectivity index (χ2n) is 13.4. The Labute approximate surface area is 280 Å². The second-order valence-corrected chi connectivity index (χ2v) is 13.4. The fourth-order valence-corrected chi connectivity index (χ4v) is 5.05. The third-order valence-electron chi connectivity index (χ3n) is 8.30. The van der Waals surface area contributed by atoms with E-state index in [9.17, 15) is 4.79 Å². The molecule has 1 radical (unpaired) electrons. The van der Waals surface area contributed by atoms with Crippen molar-refractivity contribution in [3.05, 3.63) is 0 Å². The molecule has 0 aliphatic heterocycles. The summed E-state index contributed by atoms with van der Waals surface area (Å²) in [5, 5.41) is 8.47. The Morgan fingerprint density at radius 2 is 0.860 bits per heavy atom. The van der Waals surface area contributed by atoms with Gasteiger partial charge in [0, 0.05) is 26.1 Å². The summed E-state index contributed by atoms with van der Waals surface area (Å²) >= 11 is 2.62. The van der Waals surface area contributed by atoms with Crippen LogP contribution in [0.4, 0.5) is 0 Å². The van der Waals surface area contributed by atoms with Gasteiger partial charge in [0.25, 0.3) is 0 Å². The number of methoxy groups -OCH3 is 1.